The third-order valence-electron chi connectivity index (χ3n) is 7.05. The monoisotopic (exact) mass is 545 g/mol. The molecule has 2 aromatic carbocycles. The molecule has 2 atom stereocenters. The molecule has 0 amide bonds. The number of carbonyl (C=O) groups is 1. The molecule has 4 aromatic rings. The van der Waals surface area contributed by atoms with E-state index < -0.39 is 0 Å². The Bertz CT molecular complexity index is 1510. The third-order valence-corrected chi connectivity index (χ3v) is 7.05. The van der Waals surface area contributed by atoms with E-state index in [0.29, 0.717) is 40.9 Å². The number of aryl methyl sites for hydroxylation is 1. The summed E-state index contributed by atoms with van der Waals surface area (Å²) in [6.07, 6.45) is 2.12. The molecule has 3 heterocycles. The number of aromatic nitrogens is 3. The number of nitrogens with zero attached hydrogens (tertiary/aromatic N) is 4. The molecule has 0 spiro atoms. The Morgan fingerprint density at radius 2 is 1.85 bits per heavy atom. The predicted octanol–water partition coefficient (Wildman–Crippen LogP) is 5.99. The maximum absolute atomic E-state index is 14.5. The number of fused-ring (bicyclic) bond motifs is 1. The second-order valence-corrected chi connectivity index (χ2v) is 10.9. The topological polar surface area (TPSA) is 81.5 Å². The Balaban J connectivity index is 1.27. The number of ketones is 1. The van der Waals surface area contributed by atoms with Gasteiger partial charge in [0.05, 0.1) is 47.6 Å². The lowest BCUT2D eigenvalue weighted by Gasteiger charge is -2.34. The molecule has 0 bridgehead atoms. The SMILES string of the molecule is CC(C)c1ccc(F)c(Nc2nc3cc(Oc4ccnc(CC(=O)CN5C[C@@H](C)O[C@@H](C)C5)c4)ccc3n2C)c1. The number of hydrogen-bond acceptors (Lipinski definition) is 7. The maximum atomic E-state index is 14.5. The van der Waals surface area contributed by atoms with Crippen LogP contribution >= 0.6 is 0 Å². The van der Waals surface area contributed by atoms with Crippen LogP contribution in [0.5, 0.6) is 11.5 Å². The van der Waals surface area contributed by atoms with Gasteiger partial charge >= 0.3 is 0 Å². The van der Waals surface area contributed by atoms with Crippen molar-refractivity contribution < 1.29 is 18.7 Å². The first-order valence-electron chi connectivity index (χ1n) is 13.7. The van der Waals surface area contributed by atoms with Crippen LogP contribution < -0.4 is 10.1 Å². The molecular formula is C31H36FN5O3. The number of ether oxygens (including phenoxy) is 2. The van der Waals surface area contributed by atoms with Crippen LogP contribution in [-0.4, -0.2) is 57.1 Å². The van der Waals surface area contributed by atoms with Crippen molar-refractivity contribution >= 4 is 28.5 Å². The summed E-state index contributed by atoms with van der Waals surface area (Å²) in [7, 11) is 1.88. The molecule has 0 radical (unpaired) electrons. The molecule has 1 fully saturated rings. The van der Waals surface area contributed by atoms with Crippen molar-refractivity contribution in [2.45, 2.75) is 52.2 Å². The lowest BCUT2D eigenvalue weighted by Crippen LogP contribution is -2.47. The van der Waals surface area contributed by atoms with Crippen molar-refractivity contribution in [3.63, 3.8) is 0 Å². The smallest absolute Gasteiger partial charge is 0.208 e. The van der Waals surface area contributed by atoms with E-state index in [2.05, 4.69) is 34.0 Å². The fourth-order valence-electron chi connectivity index (χ4n) is 5.15. The predicted molar refractivity (Wildman–Crippen MR) is 154 cm³/mol. The summed E-state index contributed by atoms with van der Waals surface area (Å²) in [5, 5.41) is 3.14. The van der Waals surface area contributed by atoms with E-state index in [1.165, 1.54) is 6.07 Å². The van der Waals surface area contributed by atoms with E-state index in [4.69, 9.17) is 9.47 Å². The van der Waals surface area contributed by atoms with Crippen LogP contribution in [0.2, 0.25) is 0 Å². The highest BCUT2D eigenvalue weighted by Crippen LogP contribution is 2.30. The van der Waals surface area contributed by atoms with Crippen molar-refractivity contribution in [1.82, 2.24) is 19.4 Å². The lowest BCUT2D eigenvalue weighted by molar-refractivity contribution is -0.123. The average molecular weight is 546 g/mol. The van der Waals surface area contributed by atoms with Crippen LogP contribution in [0, 0.1) is 5.82 Å². The first-order valence-corrected chi connectivity index (χ1v) is 13.7. The molecule has 2 aromatic heterocycles. The minimum absolute atomic E-state index is 0.108. The van der Waals surface area contributed by atoms with Gasteiger partial charge in [0.1, 0.15) is 17.3 Å². The molecule has 0 saturated carbocycles. The van der Waals surface area contributed by atoms with Gasteiger partial charge in [-0.15, -0.1) is 0 Å². The zero-order valence-corrected chi connectivity index (χ0v) is 23.6. The minimum Gasteiger partial charge on any atom is -0.457 e. The van der Waals surface area contributed by atoms with Gasteiger partial charge in [-0.3, -0.25) is 14.7 Å². The molecule has 1 N–H and O–H groups in total. The summed E-state index contributed by atoms with van der Waals surface area (Å²) in [4.78, 5) is 23.9. The first-order chi connectivity index (χ1) is 19.1. The Morgan fingerprint density at radius 3 is 2.60 bits per heavy atom. The summed E-state index contributed by atoms with van der Waals surface area (Å²) in [5.41, 5.74) is 3.68. The maximum Gasteiger partial charge on any atom is 0.208 e. The van der Waals surface area contributed by atoms with E-state index in [0.717, 1.165) is 24.2 Å². The molecular weight excluding hydrogens is 509 g/mol. The number of benzene rings is 2. The summed E-state index contributed by atoms with van der Waals surface area (Å²) in [6.45, 7) is 10.1. The largest absolute Gasteiger partial charge is 0.457 e. The highest BCUT2D eigenvalue weighted by Gasteiger charge is 2.24. The molecule has 8 nitrogen and oxygen atoms in total. The molecule has 1 aliphatic rings. The Labute approximate surface area is 234 Å². The number of rotatable bonds is 9. The number of hydrogen-bond donors (Lipinski definition) is 1. The highest BCUT2D eigenvalue weighted by molar-refractivity contribution is 5.83. The standard InChI is InChI=1S/C31H36FN5O3/c1-19(2)22-6-8-27(32)28(12-22)34-31-35-29-15-25(7-9-30(29)36(31)5)40-26-10-11-33-23(14-26)13-24(38)18-37-16-20(3)39-21(4)17-37/h6-12,14-15,19-21H,13,16-18H2,1-5H3,(H,34,35)/t20-,21+. The number of Topliss-reactive ketones (excluding diaryl/α,β-unsaturated/α-hetero) is 1. The van der Waals surface area contributed by atoms with Crippen LogP contribution in [0.25, 0.3) is 11.0 Å². The quantitative estimate of drug-likeness (QED) is 0.277. The highest BCUT2D eigenvalue weighted by atomic mass is 19.1. The zero-order valence-electron chi connectivity index (χ0n) is 23.6. The van der Waals surface area contributed by atoms with Gasteiger partial charge in [-0.25, -0.2) is 9.37 Å². The summed E-state index contributed by atoms with van der Waals surface area (Å²) in [5.74, 6) is 1.78. The zero-order chi connectivity index (χ0) is 28.4. The molecule has 5 rings (SSSR count). The summed E-state index contributed by atoms with van der Waals surface area (Å²) in [6, 6.07) is 14.3. The molecule has 0 unspecified atom stereocenters. The van der Waals surface area contributed by atoms with Gasteiger partial charge in [0, 0.05) is 38.5 Å². The fourth-order valence-corrected chi connectivity index (χ4v) is 5.15. The van der Waals surface area contributed by atoms with Gasteiger partial charge in [-0.05, 0) is 55.7 Å². The number of morpholine rings is 1. The van der Waals surface area contributed by atoms with E-state index in [9.17, 15) is 9.18 Å². The molecule has 210 valence electrons. The van der Waals surface area contributed by atoms with Crippen LogP contribution in [-0.2, 0) is 23.0 Å². The van der Waals surface area contributed by atoms with Gasteiger partial charge in [-0.1, -0.05) is 19.9 Å². The van der Waals surface area contributed by atoms with Crippen molar-refractivity contribution in [3.05, 3.63) is 71.8 Å². The Morgan fingerprint density at radius 1 is 1.10 bits per heavy atom. The van der Waals surface area contributed by atoms with Gasteiger partial charge < -0.3 is 19.4 Å². The van der Waals surface area contributed by atoms with Crippen molar-refractivity contribution in [1.29, 1.82) is 0 Å². The second kappa shape index (κ2) is 11.7. The van der Waals surface area contributed by atoms with Crippen LogP contribution in [0.15, 0.2) is 54.7 Å². The van der Waals surface area contributed by atoms with Crippen LogP contribution in [0.3, 0.4) is 0 Å². The van der Waals surface area contributed by atoms with Gasteiger partial charge in [-0.2, -0.15) is 0 Å². The normalized spacial score (nSPS) is 17.9. The van der Waals surface area contributed by atoms with Crippen molar-refractivity contribution in [2.24, 2.45) is 7.05 Å². The lowest BCUT2D eigenvalue weighted by atomic mass is 10.0. The second-order valence-electron chi connectivity index (χ2n) is 10.9. The number of nitrogens with one attached hydrogen (secondary N) is 1. The Hall–Kier alpha value is -3.82. The third kappa shape index (κ3) is 6.48. The molecule has 1 aliphatic heterocycles. The number of pyridine rings is 1. The average Bonchev–Trinajstić information content (AvgIpc) is 3.19. The number of halogens is 1. The van der Waals surface area contributed by atoms with E-state index in [1.54, 1.807) is 24.4 Å². The first kappa shape index (κ1) is 27.7. The summed E-state index contributed by atoms with van der Waals surface area (Å²) < 4.78 is 28.3. The minimum atomic E-state index is -0.332. The van der Waals surface area contributed by atoms with E-state index in [-0.39, 0.29) is 36.1 Å². The molecule has 1 saturated heterocycles. The fraction of sp³-hybridized carbons (Fsp3) is 0.387. The van der Waals surface area contributed by atoms with E-state index >= 15 is 0 Å². The van der Waals surface area contributed by atoms with Gasteiger partial charge in [0.25, 0.3) is 0 Å². The number of carbonyl (C=O) groups excluding carboxylic acids is 1. The van der Waals surface area contributed by atoms with E-state index in [1.807, 2.05) is 49.7 Å². The molecule has 9 heteroatoms. The van der Waals surface area contributed by atoms with Gasteiger partial charge in [0.15, 0.2) is 5.78 Å². The molecule has 40 heavy (non-hydrogen) atoms. The molecule has 0 aliphatic carbocycles. The number of anilines is 2. The Kier molecular flexibility index (Phi) is 8.14. The van der Waals surface area contributed by atoms with Crippen molar-refractivity contribution in [2.75, 3.05) is 25.0 Å². The summed E-state index contributed by atoms with van der Waals surface area (Å²) >= 11 is 0. The van der Waals surface area contributed by atoms with Crippen molar-refractivity contribution in [3.8, 4) is 11.5 Å². The van der Waals surface area contributed by atoms with Gasteiger partial charge in [0.2, 0.25) is 5.95 Å². The number of imidazole rings is 1. The van der Waals surface area contributed by atoms with Crippen LogP contribution in [0.4, 0.5) is 16.0 Å². The van der Waals surface area contributed by atoms with Crippen LogP contribution in [0.1, 0.15) is 44.9 Å².